The molecule has 0 radical (unpaired) electrons. The predicted octanol–water partition coefficient (Wildman–Crippen LogP) is 3.80. The van der Waals surface area contributed by atoms with Crippen LogP contribution in [0.1, 0.15) is 72.6 Å². The molecule has 0 amide bonds. The number of nitrogens with zero attached hydrogens (tertiary/aromatic N) is 1. The fourth-order valence-electron chi connectivity index (χ4n) is 2.67. The standard InChI is InChI=1S/C16H36NO.H2O/c1-5-9-12-17(13-10-6-2,14-11-7-3)15-16(18)8-4;/h16,18H,5-15H2,1-4H3;1H2/q+1;/p-1. The predicted molar refractivity (Wildman–Crippen MR) is 82.7 cm³/mol. The monoisotopic (exact) mass is 275 g/mol. The van der Waals surface area contributed by atoms with Crippen molar-refractivity contribution in [3.8, 4) is 0 Å². The molecule has 19 heavy (non-hydrogen) atoms. The molecule has 1 atom stereocenters. The summed E-state index contributed by atoms with van der Waals surface area (Å²) in [6.45, 7) is 13.6. The van der Waals surface area contributed by atoms with E-state index in [0.29, 0.717) is 0 Å². The van der Waals surface area contributed by atoms with E-state index in [1.165, 1.54) is 58.2 Å². The third-order valence-corrected chi connectivity index (χ3v) is 4.03. The average molecular weight is 275 g/mol. The maximum atomic E-state index is 10.1. The normalized spacial score (nSPS) is 13.1. The zero-order valence-electron chi connectivity index (χ0n) is 13.7. The Kier molecular flexibility index (Phi) is 14.4. The molecule has 0 aromatic heterocycles. The summed E-state index contributed by atoms with van der Waals surface area (Å²) in [7, 11) is 0. The highest BCUT2D eigenvalue weighted by Crippen LogP contribution is 2.16. The first-order chi connectivity index (χ1) is 8.64. The quantitative estimate of drug-likeness (QED) is 0.551. The summed E-state index contributed by atoms with van der Waals surface area (Å²) < 4.78 is 1.16. The molecule has 118 valence electrons. The van der Waals surface area contributed by atoms with Gasteiger partial charge in [0.1, 0.15) is 12.6 Å². The molecule has 0 fully saturated rings. The van der Waals surface area contributed by atoms with E-state index in [1.54, 1.807) is 0 Å². The molecular formula is C16H37NO2. The molecule has 0 spiro atoms. The molecule has 0 aromatic rings. The maximum absolute atomic E-state index is 10.1. The summed E-state index contributed by atoms with van der Waals surface area (Å²) in [5.74, 6) is 0. The second-order valence-electron chi connectivity index (χ2n) is 5.82. The van der Waals surface area contributed by atoms with Crippen LogP contribution in [-0.2, 0) is 0 Å². The lowest BCUT2D eigenvalue weighted by molar-refractivity contribution is -0.931. The third kappa shape index (κ3) is 9.42. The Balaban J connectivity index is 0. The summed E-state index contributed by atoms with van der Waals surface area (Å²) in [5.41, 5.74) is 0. The lowest BCUT2D eigenvalue weighted by Gasteiger charge is -2.40. The summed E-state index contributed by atoms with van der Waals surface area (Å²) >= 11 is 0. The molecule has 1 unspecified atom stereocenters. The largest absolute Gasteiger partial charge is 0.870 e. The number of rotatable bonds is 12. The third-order valence-electron chi connectivity index (χ3n) is 4.03. The van der Waals surface area contributed by atoms with E-state index in [4.69, 9.17) is 0 Å². The summed E-state index contributed by atoms with van der Waals surface area (Å²) in [5, 5.41) is 10.1. The molecule has 3 heteroatoms. The van der Waals surface area contributed by atoms with Crippen LogP contribution >= 0.6 is 0 Å². The number of aliphatic hydroxyl groups excluding tert-OH is 1. The van der Waals surface area contributed by atoms with Crippen LogP contribution in [0.25, 0.3) is 0 Å². The topological polar surface area (TPSA) is 50.2 Å². The van der Waals surface area contributed by atoms with Crippen molar-refractivity contribution in [2.24, 2.45) is 0 Å². The average Bonchev–Trinajstić information content (AvgIpc) is 2.40. The van der Waals surface area contributed by atoms with E-state index in [1.807, 2.05) is 0 Å². The lowest BCUT2D eigenvalue weighted by atomic mass is 10.1. The number of aliphatic hydroxyl groups is 1. The SMILES string of the molecule is CCCC[N+](CCCC)(CCCC)CC(O)CC.[OH-]. The first-order valence-electron chi connectivity index (χ1n) is 8.17. The van der Waals surface area contributed by atoms with Crippen molar-refractivity contribution in [2.75, 3.05) is 26.2 Å². The van der Waals surface area contributed by atoms with Crippen LogP contribution in [0, 0.1) is 0 Å². The van der Waals surface area contributed by atoms with E-state index in [-0.39, 0.29) is 11.6 Å². The van der Waals surface area contributed by atoms with Gasteiger partial charge in [0.05, 0.1) is 19.6 Å². The van der Waals surface area contributed by atoms with Crippen LogP contribution < -0.4 is 0 Å². The van der Waals surface area contributed by atoms with Crippen LogP contribution in [0.2, 0.25) is 0 Å². The van der Waals surface area contributed by atoms with E-state index in [2.05, 4.69) is 27.7 Å². The van der Waals surface area contributed by atoms with E-state index >= 15 is 0 Å². The second-order valence-corrected chi connectivity index (χ2v) is 5.82. The minimum atomic E-state index is -0.115. The molecule has 0 rings (SSSR count). The van der Waals surface area contributed by atoms with E-state index in [0.717, 1.165) is 17.4 Å². The molecule has 0 saturated heterocycles. The molecule has 2 N–H and O–H groups in total. The van der Waals surface area contributed by atoms with Gasteiger partial charge in [-0.25, -0.2) is 0 Å². The zero-order valence-corrected chi connectivity index (χ0v) is 13.7. The Morgan fingerprint density at radius 1 is 0.789 bits per heavy atom. The minimum Gasteiger partial charge on any atom is -0.870 e. The molecule has 0 heterocycles. The molecule has 0 aliphatic heterocycles. The van der Waals surface area contributed by atoms with E-state index in [9.17, 15) is 5.11 Å². The van der Waals surface area contributed by atoms with Gasteiger partial charge in [0.15, 0.2) is 0 Å². The van der Waals surface area contributed by atoms with E-state index < -0.39 is 0 Å². The number of unbranched alkanes of at least 4 members (excludes halogenated alkanes) is 3. The second kappa shape index (κ2) is 12.9. The molecule has 0 bridgehead atoms. The molecule has 3 nitrogen and oxygen atoms in total. The van der Waals surface area contributed by atoms with Gasteiger partial charge in [0.25, 0.3) is 0 Å². The Morgan fingerprint density at radius 2 is 1.16 bits per heavy atom. The van der Waals surface area contributed by atoms with Crippen molar-refractivity contribution in [1.29, 1.82) is 0 Å². The lowest BCUT2D eigenvalue weighted by Crippen LogP contribution is -2.54. The minimum absolute atomic E-state index is 0. The Hall–Kier alpha value is -0.120. The highest BCUT2D eigenvalue weighted by Gasteiger charge is 2.28. The van der Waals surface area contributed by atoms with Crippen LogP contribution in [0.15, 0.2) is 0 Å². The number of hydrogen-bond donors (Lipinski definition) is 1. The van der Waals surface area contributed by atoms with Crippen LogP contribution in [-0.4, -0.2) is 47.3 Å². The van der Waals surface area contributed by atoms with Crippen molar-refractivity contribution >= 4 is 0 Å². The van der Waals surface area contributed by atoms with Gasteiger partial charge in [-0.05, 0) is 25.7 Å². The highest BCUT2D eigenvalue weighted by molar-refractivity contribution is 4.55. The van der Waals surface area contributed by atoms with Gasteiger partial charge in [-0.1, -0.05) is 47.0 Å². The van der Waals surface area contributed by atoms with Crippen molar-refractivity contribution < 1.29 is 15.1 Å². The van der Waals surface area contributed by atoms with Gasteiger partial charge >= 0.3 is 0 Å². The number of quaternary nitrogens is 1. The number of hydrogen-bond acceptors (Lipinski definition) is 2. The van der Waals surface area contributed by atoms with Crippen molar-refractivity contribution in [1.82, 2.24) is 0 Å². The van der Waals surface area contributed by atoms with Crippen LogP contribution in [0.4, 0.5) is 0 Å². The van der Waals surface area contributed by atoms with Crippen LogP contribution in [0.5, 0.6) is 0 Å². The molecule has 0 saturated carbocycles. The fraction of sp³-hybridized carbons (Fsp3) is 1.00. The summed E-state index contributed by atoms with van der Waals surface area (Å²) in [4.78, 5) is 0. The van der Waals surface area contributed by atoms with Gasteiger partial charge in [0.2, 0.25) is 0 Å². The molecule has 0 aliphatic rings. The molecule has 0 aliphatic carbocycles. The van der Waals surface area contributed by atoms with Crippen molar-refractivity contribution in [3.63, 3.8) is 0 Å². The van der Waals surface area contributed by atoms with Gasteiger partial charge in [-0.15, -0.1) is 0 Å². The Bertz CT molecular complexity index is 164. The smallest absolute Gasteiger partial charge is 0.105 e. The van der Waals surface area contributed by atoms with Gasteiger partial charge in [-0.3, -0.25) is 0 Å². The van der Waals surface area contributed by atoms with Crippen molar-refractivity contribution in [2.45, 2.75) is 78.7 Å². The first-order valence-corrected chi connectivity index (χ1v) is 8.17. The van der Waals surface area contributed by atoms with Gasteiger partial charge < -0.3 is 15.1 Å². The molecule has 0 aromatic carbocycles. The van der Waals surface area contributed by atoms with Gasteiger partial charge in [-0.2, -0.15) is 0 Å². The summed E-state index contributed by atoms with van der Waals surface area (Å²) in [6, 6.07) is 0. The highest BCUT2D eigenvalue weighted by atomic mass is 16.3. The van der Waals surface area contributed by atoms with Crippen molar-refractivity contribution in [3.05, 3.63) is 0 Å². The zero-order chi connectivity index (χ0) is 13.9. The first kappa shape index (κ1) is 21.2. The van der Waals surface area contributed by atoms with Crippen LogP contribution in [0.3, 0.4) is 0 Å². The van der Waals surface area contributed by atoms with Gasteiger partial charge in [0, 0.05) is 0 Å². The fourth-order valence-corrected chi connectivity index (χ4v) is 2.67. The molecular weight excluding hydrogens is 238 g/mol. The Morgan fingerprint density at radius 3 is 1.42 bits per heavy atom. The summed E-state index contributed by atoms with van der Waals surface area (Å²) in [6.07, 6.45) is 8.46. The Labute approximate surface area is 120 Å². The maximum Gasteiger partial charge on any atom is 0.105 e.